The lowest BCUT2D eigenvalue weighted by Crippen LogP contribution is -2.46. The first-order chi connectivity index (χ1) is 6.81. The molecule has 0 aromatic carbocycles. The normalized spacial score (nSPS) is 28.8. The lowest BCUT2D eigenvalue weighted by molar-refractivity contribution is -0.130. The highest BCUT2D eigenvalue weighted by molar-refractivity contribution is 5.81. The third-order valence-corrected chi connectivity index (χ3v) is 2.99. The predicted octanol–water partition coefficient (Wildman–Crippen LogP) is 0.0189. The Bertz CT molecular complexity index is 210. The third kappa shape index (κ3) is 2.25. The second kappa shape index (κ2) is 4.28. The summed E-state index contributed by atoms with van der Waals surface area (Å²) in [5, 5.41) is 2.98. The summed E-state index contributed by atoms with van der Waals surface area (Å²) in [7, 11) is 0. The van der Waals surface area contributed by atoms with Crippen molar-refractivity contribution >= 4 is 5.91 Å². The number of ether oxygens (including phenoxy) is 1. The quantitative estimate of drug-likeness (QED) is 0.669. The molecule has 1 heterocycles. The van der Waals surface area contributed by atoms with Gasteiger partial charge in [-0.15, -0.1) is 0 Å². The van der Waals surface area contributed by atoms with Crippen molar-refractivity contribution in [2.75, 3.05) is 13.2 Å². The average Bonchev–Trinajstić information content (AvgIpc) is 2.88. The largest absolute Gasteiger partial charge is 0.368 e. The lowest BCUT2D eigenvalue weighted by atomic mass is 10.1. The highest BCUT2D eigenvalue weighted by Gasteiger charge is 2.33. The van der Waals surface area contributed by atoms with Crippen molar-refractivity contribution in [2.24, 2.45) is 11.7 Å². The smallest absolute Gasteiger partial charge is 0.249 e. The van der Waals surface area contributed by atoms with E-state index in [0.717, 1.165) is 19.4 Å². The Balaban J connectivity index is 1.79. The van der Waals surface area contributed by atoms with E-state index in [1.54, 1.807) is 0 Å². The molecule has 1 amide bonds. The second-order valence-corrected chi connectivity index (χ2v) is 4.19. The summed E-state index contributed by atoms with van der Waals surface area (Å²) in [5.41, 5.74) is 5.61. The Morgan fingerprint density at radius 3 is 2.79 bits per heavy atom. The Morgan fingerprint density at radius 1 is 1.50 bits per heavy atom. The SMILES string of the molecule is NCC(NC(=O)[C@@H]1CCCO1)C1CC1. The Kier molecular flexibility index (Phi) is 3.03. The molecule has 2 atom stereocenters. The summed E-state index contributed by atoms with van der Waals surface area (Å²) < 4.78 is 5.31. The Hall–Kier alpha value is -0.610. The van der Waals surface area contributed by atoms with Gasteiger partial charge >= 0.3 is 0 Å². The van der Waals surface area contributed by atoms with E-state index >= 15 is 0 Å². The van der Waals surface area contributed by atoms with Crippen LogP contribution in [0.2, 0.25) is 0 Å². The zero-order chi connectivity index (χ0) is 9.97. The maximum Gasteiger partial charge on any atom is 0.249 e. The van der Waals surface area contributed by atoms with Gasteiger partial charge in [0.25, 0.3) is 0 Å². The van der Waals surface area contributed by atoms with Gasteiger partial charge in [-0.05, 0) is 31.6 Å². The molecular weight excluding hydrogens is 180 g/mol. The van der Waals surface area contributed by atoms with Gasteiger partial charge in [0.1, 0.15) is 6.10 Å². The molecule has 0 spiro atoms. The second-order valence-electron chi connectivity index (χ2n) is 4.19. The molecule has 1 saturated heterocycles. The van der Waals surface area contributed by atoms with E-state index < -0.39 is 0 Å². The van der Waals surface area contributed by atoms with Crippen molar-refractivity contribution in [3.8, 4) is 0 Å². The molecule has 2 aliphatic rings. The van der Waals surface area contributed by atoms with Gasteiger partial charge in [-0.2, -0.15) is 0 Å². The van der Waals surface area contributed by atoms with Gasteiger partial charge in [-0.1, -0.05) is 0 Å². The van der Waals surface area contributed by atoms with Gasteiger partial charge < -0.3 is 15.8 Å². The van der Waals surface area contributed by atoms with Crippen LogP contribution in [0.4, 0.5) is 0 Å². The van der Waals surface area contributed by atoms with Crippen LogP contribution in [-0.2, 0) is 9.53 Å². The van der Waals surface area contributed by atoms with Crippen molar-refractivity contribution in [3.63, 3.8) is 0 Å². The fraction of sp³-hybridized carbons (Fsp3) is 0.900. The van der Waals surface area contributed by atoms with Crippen molar-refractivity contribution in [2.45, 2.75) is 37.8 Å². The molecule has 0 bridgehead atoms. The first-order valence-corrected chi connectivity index (χ1v) is 5.43. The third-order valence-electron chi connectivity index (χ3n) is 2.99. The summed E-state index contributed by atoms with van der Waals surface area (Å²) in [6.45, 7) is 1.26. The monoisotopic (exact) mass is 198 g/mol. The highest BCUT2D eigenvalue weighted by atomic mass is 16.5. The molecule has 1 aliphatic carbocycles. The molecule has 2 rings (SSSR count). The summed E-state index contributed by atoms with van der Waals surface area (Å²) in [4.78, 5) is 11.7. The molecule has 4 heteroatoms. The topological polar surface area (TPSA) is 64.3 Å². The molecule has 80 valence electrons. The van der Waals surface area contributed by atoms with Gasteiger partial charge in [0, 0.05) is 19.2 Å². The number of nitrogens with one attached hydrogen (secondary N) is 1. The zero-order valence-corrected chi connectivity index (χ0v) is 8.37. The Morgan fingerprint density at radius 2 is 2.29 bits per heavy atom. The molecule has 2 fully saturated rings. The summed E-state index contributed by atoms with van der Waals surface area (Å²) in [6, 6.07) is 0.173. The van der Waals surface area contributed by atoms with Crippen LogP contribution in [0.5, 0.6) is 0 Å². The van der Waals surface area contributed by atoms with Gasteiger partial charge in [-0.3, -0.25) is 4.79 Å². The number of carbonyl (C=O) groups is 1. The molecule has 0 radical (unpaired) electrons. The van der Waals surface area contributed by atoms with E-state index in [1.807, 2.05) is 0 Å². The van der Waals surface area contributed by atoms with Crippen molar-refractivity contribution in [3.05, 3.63) is 0 Å². The van der Waals surface area contributed by atoms with Crippen LogP contribution in [0.3, 0.4) is 0 Å². The van der Waals surface area contributed by atoms with Crippen LogP contribution in [0.25, 0.3) is 0 Å². The number of carbonyl (C=O) groups excluding carboxylic acids is 1. The van der Waals surface area contributed by atoms with E-state index in [0.29, 0.717) is 12.5 Å². The maximum atomic E-state index is 11.7. The van der Waals surface area contributed by atoms with E-state index in [9.17, 15) is 4.79 Å². The molecule has 1 saturated carbocycles. The van der Waals surface area contributed by atoms with Crippen molar-refractivity contribution in [1.29, 1.82) is 0 Å². The van der Waals surface area contributed by atoms with Crippen LogP contribution in [-0.4, -0.2) is 31.2 Å². The summed E-state index contributed by atoms with van der Waals surface area (Å²) >= 11 is 0. The van der Waals surface area contributed by atoms with Crippen molar-refractivity contribution < 1.29 is 9.53 Å². The van der Waals surface area contributed by atoms with Crippen LogP contribution in [0.15, 0.2) is 0 Å². The highest BCUT2D eigenvalue weighted by Crippen LogP contribution is 2.32. The molecule has 1 aliphatic heterocycles. The molecule has 14 heavy (non-hydrogen) atoms. The van der Waals surface area contributed by atoms with E-state index in [2.05, 4.69) is 5.32 Å². The number of amides is 1. The number of hydrogen-bond donors (Lipinski definition) is 2. The number of hydrogen-bond acceptors (Lipinski definition) is 3. The fourth-order valence-corrected chi connectivity index (χ4v) is 1.93. The molecule has 1 unspecified atom stereocenters. The minimum absolute atomic E-state index is 0.0323. The van der Waals surface area contributed by atoms with Crippen LogP contribution in [0, 0.1) is 5.92 Å². The van der Waals surface area contributed by atoms with Gasteiger partial charge in [-0.25, -0.2) is 0 Å². The lowest BCUT2D eigenvalue weighted by Gasteiger charge is -2.18. The maximum absolute atomic E-state index is 11.7. The van der Waals surface area contributed by atoms with Crippen molar-refractivity contribution in [1.82, 2.24) is 5.32 Å². The minimum Gasteiger partial charge on any atom is -0.368 e. The van der Waals surface area contributed by atoms with Gasteiger partial charge in [0.05, 0.1) is 0 Å². The molecule has 3 N–H and O–H groups in total. The minimum atomic E-state index is -0.220. The van der Waals surface area contributed by atoms with Gasteiger partial charge in [0.2, 0.25) is 5.91 Å². The summed E-state index contributed by atoms with van der Waals surface area (Å²) in [6.07, 6.45) is 4.03. The first kappa shape index (κ1) is 9.93. The van der Waals surface area contributed by atoms with E-state index in [1.165, 1.54) is 12.8 Å². The standard InChI is InChI=1S/C10H18N2O2/c11-6-8(7-3-4-7)12-10(13)9-2-1-5-14-9/h7-9H,1-6,11H2,(H,12,13)/t8?,9-/m0/s1. The van der Waals surface area contributed by atoms with E-state index in [4.69, 9.17) is 10.5 Å². The summed E-state index contributed by atoms with van der Waals surface area (Å²) in [5.74, 6) is 0.648. The van der Waals surface area contributed by atoms with Crippen LogP contribution >= 0.6 is 0 Å². The first-order valence-electron chi connectivity index (χ1n) is 5.43. The zero-order valence-electron chi connectivity index (χ0n) is 8.37. The van der Waals surface area contributed by atoms with Crippen LogP contribution in [0.1, 0.15) is 25.7 Å². The van der Waals surface area contributed by atoms with Crippen LogP contribution < -0.4 is 11.1 Å². The Labute approximate surface area is 84.2 Å². The molecule has 0 aromatic rings. The molecule has 4 nitrogen and oxygen atoms in total. The predicted molar refractivity (Wildman–Crippen MR) is 52.7 cm³/mol. The van der Waals surface area contributed by atoms with E-state index in [-0.39, 0.29) is 18.1 Å². The number of rotatable bonds is 4. The molecule has 0 aromatic heterocycles. The molecular formula is C10H18N2O2. The number of nitrogens with two attached hydrogens (primary N) is 1. The average molecular weight is 198 g/mol. The fourth-order valence-electron chi connectivity index (χ4n) is 1.93. The van der Waals surface area contributed by atoms with Gasteiger partial charge in [0.15, 0.2) is 0 Å².